The van der Waals surface area contributed by atoms with Crippen molar-refractivity contribution in [3.8, 4) is 34.3 Å². The van der Waals surface area contributed by atoms with Crippen LogP contribution >= 0.6 is 0 Å². The fraction of sp³-hybridized carbons (Fsp3) is 0.235. The second-order valence-electron chi connectivity index (χ2n) is 10.0. The molecular weight excluding hydrogens is 496 g/mol. The zero-order chi connectivity index (χ0) is 27.9. The molecule has 0 aliphatic rings. The van der Waals surface area contributed by atoms with Crippen molar-refractivity contribution in [3.63, 3.8) is 0 Å². The first-order valence-electron chi connectivity index (χ1n) is 13.5. The van der Waals surface area contributed by atoms with Crippen molar-refractivity contribution in [2.75, 3.05) is 14.2 Å². The van der Waals surface area contributed by atoms with Crippen LogP contribution in [0.5, 0.6) is 11.5 Å². The second-order valence-corrected chi connectivity index (χ2v) is 10.0. The number of pyridine rings is 4. The van der Waals surface area contributed by atoms with Gasteiger partial charge in [-0.1, -0.05) is 0 Å². The minimum absolute atomic E-state index is 0.816. The lowest BCUT2D eigenvalue weighted by molar-refractivity contribution is 0.394. The van der Waals surface area contributed by atoms with Crippen molar-refractivity contribution < 1.29 is 9.47 Å². The second kappa shape index (κ2) is 12.5. The monoisotopic (exact) mass is 530 g/mol. The molecule has 0 amide bonds. The number of methoxy groups -OCH3 is 2. The van der Waals surface area contributed by atoms with Crippen molar-refractivity contribution in [2.24, 2.45) is 0 Å². The molecule has 0 saturated carbocycles. The van der Waals surface area contributed by atoms with Gasteiger partial charge in [0, 0.05) is 24.8 Å². The molecule has 0 N–H and O–H groups in total. The fourth-order valence-electron chi connectivity index (χ4n) is 4.92. The summed E-state index contributed by atoms with van der Waals surface area (Å²) in [6.45, 7) is 4.13. The highest BCUT2D eigenvalue weighted by atomic mass is 16.5. The summed E-state index contributed by atoms with van der Waals surface area (Å²) < 4.78 is 11.6. The van der Waals surface area contributed by atoms with Crippen LogP contribution in [0.25, 0.3) is 22.8 Å². The van der Waals surface area contributed by atoms with E-state index in [1.165, 1.54) is 22.3 Å². The van der Waals surface area contributed by atoms with E-state index in [1.54, 1.807) is 14.2 Å². The van der Waals surface area contributed by atoms with E-state index in [4.69, 9.17) is 9.47 Å². The molecule has 6 nitrogen and oxygen atoms in total. The Balaban J connectivity index is 1.34. The summed E-state index contributed by atoms with van der Waals surface area (Å²) in [5.41, 5.74) is 10.5. The Labute approximate surface area is 236 Å². The third kappa shape index (κ3) is 6.52. The number of hydrogen-bond donors (Lipinski definition) is 0. The molecule has 1 aromatic carbocycles. The third-order valence-corrected chi connectivity index (χ3v) is 7.03. The Hall–Kier alpha value is -4.58. The van der Waals surface area contributed by atoms with Gasteiger partial charge >= 0.3 is 0 Å². The quantitative estimate of drug-likeness (QED) is 0.198. The van der Waals surface area contributed by atoms with Gasteiger partial charge in [-0.05, 0) is 134 Å². The zero-order valence-electron chi connectivity index (χ0n) is 23.5. The molecule has 0 radical (unpaired) electrons. The highest BCUT2D eigenvalue weighted by Crippen LogP contribution is 2.32. The van der Waals surface area contributed by atoms with Gasteiger partial charge in [-0.3, -0.25) is 19.9 Å². The van der Waals surface area contributed by atoms with Crippen LogP contribution in [-0.2, 0) is 25.7 Å². The molecule has 5 rings (SSSR count). The Morgan fingerprint density at radius 1 is 0.500 bits per heavy atom. The van der Waals surface area contributed by atoms with E-state index in [-0.39, 0.29) is 0 Å². The molecule has 0 bridgehead atoms. The minimum atomic E-state index is 0.816. The van der Waals surface area contributed by atoms with Gasteiger partial charge in [0.15, 0.2) is 0 Å². The van der Waals surface area contributed by atoms with Crippen molar-refractivity contribution in [1.29, 1.82) is 0 Å². The van der Waals surface area contributed by atoms with Crippen LogP contribution in [0.3, 0.4) is 0 Å². The van der Waals surface area contributed by atoms with E-state index in [0.29, 0.717) is 0 Å². The molecule has 0 aliphatic heterocycles. The molecule has 40 heavy (non-hydrogen) atoms. The summed E-state index contributed by atoms with van der Waals surface area (Å²) in [6.07, 6.45) is 10.7. The van der Waals surface area contributed by atoms with Gasteiger partial charge < -0.3 is 9.47 Å². The average Bonchev–Trinajstić information content (AvgIpc) is 2.99. The maximum atomic E-state index is 5.97. The lowest BCUT2D eigenvalue weighted by Crippen LogP contribution is -2.03. The van der Waals surface area contributed by atoms with Crippen LogP contribution in [0.1, 0.15) is 33.4 Å². The SMILES string of the molecule is COc1cc(CCc2ccnc(-c3cc(C)ccn3)c2)c(OC)c(CCc2ccnc(-c3cc(C)ccn3)c2)c1. The van der Waals surface area contributed by atoms with Gasteiger partial charge in [-0.2, -0.15) is 0 Å². The Morgan fingerprint density at radius 3 is 1.32 bits per heavy atom. The Kier molecular flexibility index (Phi) is 8.45. The topological polar surface area (TPSA) is 70.0 Å². The summed E-state index contributed by atoms with van der Waals surface area (Å²) in [5.74, 6) is 1.76. The van der Waals surface area contributed by atoms with Gasteiger partial charge in [0.05, 0.1) is 37.0 Å². The van der Waals surface area contributed by atoms with E-state index in [2.05, 4.69) is 82.3 Å². The number of aromatic nitrogens is 4. The van der Waals surface area contributed by atoms with E-state index in [1.807, 2.05) is 36.9 Å². The summed E-state index contributed by atoms with van der Waals surface area (Å²) in [5, 5.41) is 0. The van der Waals surface area contributed by atoms with Crippen LogP contribution in [-0.4, -0.2) is 34.2 Å². The fourth-order valence-corrected chi connectivity index (χ4v) is 4.92. The number of hydrogen-bond acceptors (Lipinski definition) is 6. The van der Waals surface area contributed by atoms with Crippen LogP contribution in [0.2, 0.25) is 0 Å². The van der Waals surface area contributed by atoms with Crippen LogP contribution < -0.4 is 9.47 Å². The summed E-state index contributed by atoms with van der Waals surface area (Å²) in [4.78, 5) is 18.1. The lowest BCUT2D eigenvalue weighted by atomic mass is 9.97. The summed E-state index contributed by atoms with van der Waals surface area (Å²) in [7, 11) is 3.46. The predicted octanol–water partition coefficient (Wildman–Crippen LogP) is 6.81. The van der Waals surface area contributed by atoms with Crippen molar-refractivity contribution in [2.45, 2.75) is 39.5 Å². The molecule has 5 aromatic rings. The third-order valence-electron chi connectivity index (χ3n) is 7.03. The zero-order valence-corrected chi connectivity index (χ0v) is 23.5. The molecule has 0 unspecified atom stereocenters. The molecule has 4 aromatic heterocycles. The minimum Gasteiger partial charge on any atom is -0.497 e. The van der Waals surface area contributed by atoms with E-state index in [0.717, 1.165) is 71.1 Å². The van der Waals surface area contributed by atoms with Gasteiger partial charge in [-0.25, -0.2) is 0 Å². The number of ether oxygens (including phenoxy) is 2. The molecule has 0 atom stereocenters. The van der Waals surface area contributed by atoms with Gasteiger partial charge in [0.25, 0.3) is 0 Å². The van der Waals surface area contributed by atoms with E-state index >= 15 is 0 Å². The highest BCUT2D eigenvalue weighted by molar-refractivity contribution is 5.57. The molecule has 0 spiro atoms. The van der Waals surface area contributed by atoms with Crippen LogP contribution in [0.15, 0.2) is 85.5 Å². The largest absolute Gasteiger partial charge is 0.497 e. The van der Waals surface area contributed by atoms with Gasteiger partial charge in [-0.15, -0.1) is 0 Å². The molecular formula is C34H34N4O2. The summed E-state index contributed by atoms with van der Waals surface area (Å²) >= 11 is 0. The first-order valence-corrected chi connectivity index (χ1v) is 13.5. The highest BCUT2D eigenvalue weighted by Gasteiger charge is 2.14. The number of benzene rings is 1. The number of nitrogens with zero attached hydrogens (tertiary/aromatic N) is 4. The number of rotatable bonds is 10. The van der Waals surface area contributed by atoms with E-state index < -0.39 is 0 Å². The lowest BCUT2D eigenvalue weighted by Gasteiger charge is -2.16. The molecule has 0 saturated heterocycles. The van der Waals surface area contributed by atoms with E-state index in [9.17, 15) is 0 Å². The molecule has 6 heteroatoms. The Morgan fingerprint density at radius 2 is 0.925 bits per heavy atom. The maximum Gasteiger partial charge on any atom is 0.125 e. The normalized spacial score (nSPS) is 10.9. The first kappa shape index (κ1) is 27.0. The van der Waals surface area contributed by atoms with Crippen molar-refractivity contribution in [1.82, 2.24) is 19.9 Å². The first-order chi connectivity index (χ1) is 19.5. The van der Waals surface area contributed by atoms with Gasteiger partial charge in [0.1, 0.15) is 11.5 Å². The maximum absolute atomic E-state index is 5.97. The van der Waals surface area contributed by atoms with Crippen LogP contribution in [0.4, 0.5) is 0 Å². The van der Waals surface area contributed by atoms with Crippen molar-refractivity contribution in [3.05, 3.63) is 119 Å². The predicted molar refractivity (Wildman–Crippen MR) is 159 cm³/mol. The van der Waals surface area contributed by atoms with Crippen molar-refractivity contribution >= 4 is 0 Å². The smallest absolute Gasteiger partial charge is 0.125 e. The van der Waals surface area contributed by atoms with Gasteiger partial charge in [0.2, 0.25) is 0 Å². The summed E-state index contributed by atoms with van der Waals surface area (Å²) in [6, 6.07) is 20.7. The average molecular weight is 531 g/mol. The molecule has 202 valence electrons. The van der Waals surface area contributed by atoms with Crippen LogP contribution in [0, 0.1) is 13.8 Å². The molecule has 0 aliphatic carbocycles. The molecule has 4 heterocycles. The Bertz CT molecular complexity index is 1500. The molecule has 0 fully saturated rings. The standard InChI is InChI=1S/C34H34N4O2/c1-23-9-13-35-30(17-23)32-19-25(11-15-37-32)5-7-27-21-29(39-3)22-28(34(27)40-4)8-6-26-12-16-38-33(20-26)31-18-24(2)10-14-36-31/h9-22H,5-8H2,1-4H3. The number of aryl methyl sites for hydroxylation is 6.